The van der Waals surface area contributed by atoms with Gasteiger partial charge in [-0.2, -0.15) is 4.31 Å². The molecule has 1 aliphatic heterocycles. The summed E-state index contributed by atoms with van der Waals surface area (Å²) in [6.45, 7) is 3.21. The van der Waals surface area contributed by atoms with Crippen molar-refractivity contribution in [3.8, 4) is 5.75 Å². The number of sulfonamides is 1. The first-order valence-electron chi connectivity index (χ1n) is 11.4. The van der Waals surface area contributed by atoms with Gasteiger partial charge in [0.25, 0.3) is 0 Å². The van der Waals surface area contributed by atoms with E-state index in [1.54, 1.807) is 31.4 Å². The van der Waals surface area contributed by atoms with Gasteiger partial charge in [-0.3, -0.25) is 4.79 Å². The molecule has 0 unspecified atom stereocenters. The van der Waals surface area contributed by atoms with Gasteiger partial charge in [0.05, 0.1) is 24.0 Å². The molecule has 2 atom stereocenters. The van der Waals surface area contributed by atoms with Gasteiger partial charge in [0, 0.05) is 19.6 Å². The van der Waals surface area contributed by atoms with E-state index in [0.29, 0.717) is 31.7 Å². The number of methoxy groups -OCH3 is 1. The number of nitrogens with zero attached hydrogens (tertiary/aromatic N) is 2. The van der Waals surface area contributed by atoms with Crippen molar-refractivity contribution < 1.29 is 17.9 Å². The largest absolute Gasteiger partial charge is 0.497 e. The summed E-state index contributed by atoms with van der Waals surface area (Å²) in [7, 11) is 1.87. The van der Waals surface area contributed by atoms with Crippen molar-refractivity contribution in [2.24, 2.45) is 5.92 Å². The van der Waals surface area contributed by atoms with Crippen LogP contribution >= 0.6 is 0 Å². The highest BCUT2D eigenvalue weighted by molar-refractivity contribution is 7.89. The number of ether oxygens (including phenoxy) is 1. The normalized spacial score (nSPS) is 18.2. The van der Waals surface area contributed by atoms with Crippen molar-refractivity contribution in [3.05, 3.63) is 59.7 Å². The number of piperidine rings is 1. The van der Waals surface area contributed by atoms with E-state index >= 15 is 0 Å². The predicted octanol–water partition coefficient (Wildman–Crippen LogP) is 3.08. The van der Waals surface area contributed by atoms with Gasteiger partial charge in [0.15, 0.2) is 0 Å². The van der Waals surface area contributed by atoms with Gasteiger partial charge in [-0.05, 0) is 68.8 Å². The number of aryl methyl sites for hydroxylation is 1. The third kappa shape index (κ3) is 6.13. The smallest absolute Gasteiger partial charge is 0.243 e. The lowest BCUT2D eigenvalue weighted by atomic mass is 9.98. The first-order valence-corrected chi connectivity index (χ1v) is 12.9. The Morgan fingerprint density at radius 3 is 2.39 bits per heavy atom. The van der Waals surface area contributed by atoms with Gasteiger partial charge in [-0.1, -0.05) is 31.2 Å². The number of hydrogen-bond donors (Lipinski definition) is 1. The molecule has 1 amide bonds. The Morgan fingerprint density at radius 2 is 1.82 bits per heavy atom. The average molecular weight is 474 g/mol. The molecular formula is C25H35N3O4S. The number of rotatable bonds is 9. The highest BCUT2D eigenvalue weighted by Gasteiger charge is 2.33. The first kappa shape index (κ1) is 25.2. The van der Waals surface area contributed by atoms with E-state index in [1.165, 1.54) is 9.87 Å². The van der Waals surface area contributed by atoms with Gasteiger partial charge >= 0.3 is 0 Å². The van der Waals surface area contributed by atoms with Crippen LogP contribution in [0.2, 0.25) is 0 Å². The maximum Gasteiger partial charge on any atom is 0.243 e. The van der Waals surface area contributed by atoms with Crippen LogP contribution in [0.15, 0.2) is 53.4 Å². The van der Waals surface area contributed by atoms with Crippen molar-refractivity contribution >= 4 is 15.9 Å². The fourth-order valence-electron chi connectivity index (χ4n) is 4.19. The molecule has 1 heterocycles. The third-order valence-corrected chi connectivity index (χ3v) is 8.20. The van der Waals surface area contributed by atoms with E-state index in [9.17, 15) is 13.2 Å². The van der Waals surface area contributed by atoms with Gasteiger partial charge in [0.2, 0.25) is 15.9 Å². The van der Waals surface area contributed by atoms with Crippen LogP contribution in [0.1, 0.15) is 36.9 Å². The van der Waals surface area contributed by atoms with Crippen LogP contribution in [-0.2, 0) is 21.2 Å². The van der Waals surface area contributed by atoms with E-state index in [4.69, 9.17) is 4.74 Å². The van der Waals surface area contributed by atoms with Crippen LogP contribution in [0.3, 0.4) is 0 Å². The number of likely N-dealkylation sites (N-methyl/N-ethyl adjacent to an activating group) is 1. The summed E-state index contributed by atoms with van der Waals surface area (Å²) in [6, 6.07) is 14.9. The first-order chi connectivity index (χ1) is 15.8. The summed E-state index contributed by atoms with van der Waals surface area (Å²) in [4.78, 5) is 15.3. The van der Waals surface area contributed by atoms with Gasteiger partial charge in [0.1, 0.15) is 5.75 Å². The summed E-state index contributed by atoms with van der Waals surface area (Å²) in [6.07, 6.45) is 2.32. The zero-order chi connectivity index (χ0) is 24.0. The van der Waals surface area contributed by atoms with Crippen molar-refractivity contribution in [1.82, 2.24) is 14.5 Å². The van der Waals surface area contributed by atoms with E-state index in [1.807, 2.05) is 14.1 Å². The lowest BCUT2D eigenvalue weighted by Gasteiger charge is -2.32. The molecule has 8 heteroatoms. The maximum absolute atomic E-state index is 13.1. The third-order valence-electron chi connectivity index (χ3n) is 6.32. The molecule has 3 rings (SSSR count). The Morgan fingerprint density at radius 1 is 1.15 bits per heavy atom. The second-order valence-corrected chi connectivity index (χ2v) is 10.6. The van der Waals surface area contributed by atoms with E-state index < -0.39 is 10.0 Å². The summed E-state index contributed by atoms with van der Waals surface area (Å²) >= 11 is 0. The molecule has 0 bridgehead atoms. The predicted molar refractivity (Wildman–Crippen MR) is 130 cm³/mol. The SMILES string of the molecule is CCc1ccc([C@H](CNC(=O)[C@H]2CCCN(S(=O)(=O)c3ccc(OC)cc3)C2)N(C)C)cc1. The summed E-state index contributed by atoms with van der Waals surface area (Å²) in [5.74, 6) is 0.142. The second kappa shape index (κ2) is 11.1. The van der Waals surface area contributed by atoms with Crippen LogP contribution in [0.5, 0.6) is 5.75 Å². The van der Waals surface area contributed by atoms with Gasteiger partial charge < -0.3 is 15.0 Å². The fraction of sp³-hybridized carbons (Fsp3) is 0.480. The zero-order valence-electron chi connectivity index (χ0n) is 20.0. The lowest BCUT2D eigenvalue weighted by Crippen LogP contribution is -2.46. The minimum Gasteiger partial charge on any atom is -0.497 e. The molecular weight excluding hydrogens is 438 g/mol. The van der Waals surface area contributed by atoms with Crippen LogP contribution in [-0.4, -0.2) is 64.4 Å². The Bertz CT molecular complexity index is 1020. The van der Waals surface area contributed by atoms with Crippen LogP contribution < -0.4 is 10.1 Å². The average Bonchev–Trinajstić information content (AvgIpc) is 2.84. The molecule has 33 heavy (non-hydrogen) atoms. The summed E-state index contributed by atoms with van der Waals surface area (Å²) < 4.78 is 32.7. The van der Waals surface area contributed by atoms with Crippen molar-refractivity contribution in [3.63, 3.8) is 0 Å². The van der Waals surface area contributed by atoms with Crippen molar-refractivity contribution in [2.75, 3.05) is 40.8 Å². The molecule has 0 spiro atoms. The van der Waals surface area contributed by atoms with Crippen LogP contribution in [0.25, 0.3) is 0 Å². The molecule has 1 saturated heterocycles. The van der Waals surface area contributed by atoms with Crippen molar-refractivity contribution in [2.45, 2.75) is 37.1 Å². The Kier molecular flexibility index (Phi) is 8.51. The number of benzene rings is 2. The number of carbonyl (C=O) groups excluding carboxylic acids is 1. The van der Waals surface area contributed by atoms with Gasteiger partial charge in [-0.15, -0.1) is 0 Å². The molecule has 0 aromatic heterocycles. The summed E-state index contributed by atoms with van der Waals surface area (Å²) in [5.41, 5.74) is 2.42. The Balaban J connectivity index is 1.64. The molecule has 1 fully saturated rings. The quantitative estimate of drug-likeness (QED) is 0.606. The maximum atomic E-state index is 13.1. The van der Waals surface area contributed by atoms with Gasteiger partial charge in [-0.25, -0.2) is 8.42 Å². The number of nitrogens with one attached hydrogen (secondary N) is 1. The standard InChI is InChI=1S/C25H35N3O4S/c1-5-19-8-10-20(11-9-19)24(27(2)3)17-26-25(29)21-7-6-16-28(18-21)33(30,31)23-14-12-22(32-4)13-15-23/h8-15,21,24H,5-7,16-18H2,1-4H3,(H,26,29)/t21-,24-/m0/s1. The molecule has 2 aromatic rings. The van der Waals surface area contributed by atoms with Crippen molar-refractivity contribution in [1.29, 1.82) is 0 Å². The van der Waals surface area contributed by atoms with E-state index in [0.717, 1.165) is 12.0 Å². The number of amides is 1. The zero-order valence-corrected chi connectivity index (χ0v) is 20.8. The molecule has 0 aliphatic carbocycles. The minimum atomic E-state index is -3.66. The molecule has 180 valence electrons. The lowest BCUT2D eigenvalue weighted by molar-refractivity contribution is -0.126. The second-order valence-electron chi connectivity index (χ2n) is 8.70. The van der Waals surface area contributed by atoms with Crippen LogP contribution in [0.4, 0.5) is 0 Å². The van der Waals surface area contributed by atoms with E-state index in [-0.39, 0.29) is 29.3 Å². The topological polar surface area (TPSA) is 79.0 Å². The monoisotopic (exact) mass is 473 g/mol. The van der Waals surface area contributed by atoms with E-state index in [2.05, 4.69) is 41.4 Å². The fourth-order valence-corrected chi connectivity index (χ4v) is 5.71. The van der Waals surface area contributed by atoms with Crippen LogP contribution in [0, 0.1) is 5.92 Å². The number of carbonyl (C=O) groups is 1. The Labute approximate surface area is 197 Å². The molecule has 7 nitrogen and oxygen atoms in total. The molecule has 0 saturated carbocycles. The Hall–Kier alpha value is -2.42. The summed E-state index contributed by atoms with van der Waals surface area (Å²) in [5, 5.41) is 3.07. The molecule has 1 N–H and O–H groups in total. The number of hydrogen-bond acceptors (Lipinski definition) is 5. The molecule has 0 radical (unpaired) electrons. The molecule has 1 aliphatic rings. The highest BCUT2D eigenvalue weighted by Crippen LogP contribution is 2.26. The molecule has 2 aromatic carbocycles. The highest BCUT2D eigenvalue weighted by atomic mass is 32.2. The minimum absolute atomic E-state index is 0.0441.